The molecular formula is C22H26FN3O3S. The molecule has 8 heteroatoms. The number of nitrogens with one attached hydrogen (secondary N) is 2. The summed E-state index contributed by atoms with van der Waals surface area (Å²) in [5.41, 5.74) is 1.97. The van der Waals surface area contributed by atoms with E-state index >= 15 is 0 Å². The molecule has 2 aromatic carbocycles. The normalized spacial score (nSPS) is 14.4. The second-order valence-electron chi connectivity index (χ2n) is 7.22. The van der Waals surface area contributed by atoms with Gasteiger partial charge in [0.25, 0.3) is 0 Å². The Morgan fingerprint density at radius 2 is 1.63 bits per heavy atom. The van der Waals surface area contributed by atoms with Gasteiger partial charge in [0, 0.05) is 36.3 Å². The fourth-order valence-corrected chi connectivity index (χ4v) is 4.43. The van der Waals surface area contributed by atoms with Crippen LogP contribution in [0.1, 0.15) is 24.0 Å². The van der Waals surface area contributed by atoms with Gasteiger partial charge in [-0.3, -0.25) is 0 Å². The van der Waals surface area contributed by atoms with Gasteiger partial charge < -0.3 is 20.6 Å². The number of hydrogen-bond donors (Lipinski definition) is 3. The van der Waals surface area contributed by atoms with Crippen molar-refractivity contribution in [2.24, 2.45) is 0 Å². The summed E-state index contributed by atoms with van der Waals surface area (Å²) in [4.78, 5) is 25.9. The number of carbonyl (C=O) groups excluding carboxylic acids is 1. The summed E-state index contributed by atoms with van der Waals surface area (Å²) in [5, 5.41) is 14.3. The van der Waals surface area contributed by atoms with Gasteiger partial charge >= 0.3 is 12.1 Å². The van der Waals surface area contributed by atoms with Crippen molar-refractivity contribution in [1.29, 1.82) is 0 Å². The van der Waals surface area contributed by atoms with E-state index in [0.29, 0.717) is 37.8 Å². The molecule has 3 N–H and O–H groups in total. The lowest BCUT2D eigenvalue weighted by Gasteiger charge is -2.31. The predicted molar refractivity (Wildman–Crippen MR) is 115 cm³/mol. The fraction of sp³-hybridized carbons (Fsp3) is 0.364. The van der Waals surface area contributed by atoms with Gasteiger partial charge in [-0.15, -0.1) is 11.8 Å². The summed E-state index contributed by atoms with van der Waals surface area (Å²) in [6.07, 6.45) is 1.53. The van der Waals surface area contributed by atoms with Crippen LogP contribution in [0.25, 0.3) is 0 Å². The molecule has 0 unspecified atom stereocenters. The topological polar surface area (TPSA) is 81.7 Å². The second-order valence-corrected chi connectivity index (χ2v) is 8.59. The monoisotopic (exact) mass is 431 g/mol. The van der Waals surface area contributed by atoms with Crippen LogP contribution in [0.5, 0.6) is 0 Å². The summed E-state index contributed by atoms with van der Waals surface area (Å²) >= 11 is 1.82. The quantitative estimate of drug-likeness (QED) is 0.616. The van der Waals surface area contributed by atoms with Gasteiger partial charge in [-0.25, -0.2) is 14.0 Å². The van der Waals surface area contributed by atoms with Crippen LogP contribution in [0.3, 0.4) is 0 Å². The summed E-state index contributed by atoms with van der Waals surface area (Å²) < 4.78 is 12.9. The highest BCUT2D eigenvalue weighted by Crippen LogP contribution is 2.30. The van der Waals surface area contributed by atoms with E-state index in [2.05, 4.69) is 22.8 Å². The number of amides is 3. The molecule has 0 spiro atoms. The summed E-state index contributed by atoms with van der Waals surface area (Å²) in [7, 11) is 0. The summed E-state index contributed by atoms with van der Waals surface area (Å²) in [6, 6.07) is 14.3. The Morgan fingerprint density at radius 1 is 1.00 bits per heavy atom. The van der Waals surface area contributed by atoms with Gasteiger partial charge in [0.15, 0.2) is 0 Å². The van der Waals surface area contributed by atoms with E-state index in [1.165, 1.54) is 17.0 Å². The van der Waals surface area contributed by atoms with Gasteiger partial charge in [-0.2, -0.15) is 0 Å². The molecule has 0 atom stereocenters. The lowest BCUT2D eigenvalue weighted by atomic mass is 10.1. The number of carboxylic acid groups (broad SMARTS) is 1. The smallest absolute Gasteiger partial charge is 0.404 e. The minimum absolute atomic E-state index is 0.0814. The first-order chi connectivity index (χ1) is 14.5. The number of likely N-dealkylation sites (tertiary alicyclic amines) is 1. The van der Waals surface area contributed by atoms with Crippen molar-refractivity contribution >= 4 is 23.9 Å². The highest BCUT2D eigenvalue weighted by atomic mass is 32.2. The zero-order valence-corrected chi connectivity index (χ0v) is 17.5. The molecule has 1 saturated heterocycles. The minimum atomic E-state index is -1.00. The van der Waals surface area contributed by atoms with Crippen molar-refractivity contribution < 1.29 is 19.1 Å². The van der Waals surface area contributed by atoms with Gasteiger partial charge in [-0.05, 0) is 54.7 Å². The number of thioether (sulfide) groups is 1. The maximum atomic E-state index is 12.9. The number of benzene rings is 2. The molecule has 0 aliphatic carbocycles. The van der Waals surface area contributed by atoms with E-state index in [-0.39, 0.29) is 11.8 Å². The van der Waals surface area contributed by atoms with Gasteiger partial charge in [0.1, 0.15) is 5.82 Å². The zero-order valence-electron chi connectivity index (χ0n) is 16.6. The van der Waals surface area contributed by atoms with E-state index in [4.69, 9.17) is 5.11 Å². The molecule has 0 bridgehead atoms. The number of hydrogen-bond acceptors (Lipinski definition) is 3. The molecule has 1 aliphatic heterocycles. The third kappa shape index (κ3) is 6.95. The number of rotatable bonds is 7. The van der Waals surface area contributed by atoms with E-state index < -0.39 is 6.09 Å². The van der Waals surface area contributed by atoms with Crippen molar-refractivity contribution in [3.05, 3.63) is 65.5 Å². The fourth-order valence-electron chi connectivity index (χ4n) is 3.31. The molecule has 0 aromatic heterocycles. The minimum Gasteiger partial charge on any atom is -0.465 e. The third-order valence-corrected chi connectivity index (χ3v) is 6.35. The van der Waals surface area contributed by atoms with Crippen molar-refractivity contribution in [2.75, 3.05) is 19.6 Å². The molecular weight excluding hydrogens is 405 g/mol. The third-order valence-electron chi connectivity index (χ3n) is 5.00. The second kappa shape index (κ2) is 10.9. The largest absolute Gasteiger partial charge is 0.465 e. The lowest BCUT2D eigenvalue weighted by Crippen LogP contribution is -2.44. The lowest BCUT2D eigenvalue weighted by molar-refractivity contribution is 0.187. The van der Waals surface area contributed by atoms with Crippen LogP contribution < -0.4 is 10.6 Å². The van der Waals surface area contributed by atoms with Crippen molar-refractivity contribution in [1.82, 2.24) is 15.5 Å². The van der Waals surface area contributed by atoms with Crippen LogP contribution in [0, 0.1) is 5.82 Å². The van der Waals surface area contributed by atoms with E-state index in [1.807, 2.05) is 28.8 Å². The molecule has 30 heavy (non-hydrogen) atoms. The Balaban J connectivity index is 1.38. The molecule has 2 aromatic rings. The average molecular weight is 432 g/mol. The van der Waals surface area contributed by atoms with Crippen LogP contribution in [0.2, 0.25) is 0 Å². The van der Waals surface area contributed by atoms with Crippen LogP contribution in [-0.4, -0.2) is 47.0 Å². The van der Waals surface area contributed by atoms with Crippen LogP contribution in [0.15, 0.2) is 53.4 Å². The molecule has 1 heterocycles. The number of urea groups is 1. The molecule has 3 rings (SSSR count). The molecule has 0 saturated carbocycles. The first-order valence-corrected chi connectivity index (χ1v) is 10.9. The Kier molecular flexibility index (Phi) is 7.96. The zero-order chi connectivity index (χ0) is 21.3. The first kappa shape index (κ1) is 22.0. The molecule has 160 valence electrons. The van der Waals surface area contributed by atoms with Crippen LogP contribution in [-0.2, 0) is 13.0 Å². The van der Waals surface area contributed by atoms with Crippen LogP contribution in [0.4, 0.5) is 14.0 Å². The Bertz CT molecular complexity index is 838. The van der Waals surface area contributed by atoms with Crippen molar-refractivity contribution in [3.63, 3.8) is 0 Å². The number of piperidine rings is 1. The SMILES string of the molecule is O=C(O)NCCc1ccc(SC2CCN(C(=O)NCc3ccc(F)cc3)CC2)cc1. The van der Waals surface area contributed by atoms with Gasteiger partial charge in [0.05, 0.1) is 0 Å². The summed E-state index contributed by atoms with van der Waals surface area (Å²) in [5.74, 6) is -0.283. The number of nitrogens with zero attached hydrogens (tertiary/aromatic N) is 1. The maximum absolute atomic E-state index is 12.9. The average Bonchev–Trinajstić information content (AvgIpc) is 2.75. The maximum Gasteiger partial charge on any atom is 0.404 e. The highest BCUT2D eigenvalue weighted by Gasteiger charge is 2.23. The van der Waals surface area contributed by atoms with E-state index in [9.17, 15) is 14.0 Å². The van der Waals surface area contributed by atoms with Crippen LogP contribution >= 0.6 is 11.8 Å². The predicted octanol–water partition coefficient (Wildman–Crippen LogP) is 4.10. The van der Waals surface area contributed by atoms with E-state index in [0.717, 1.165) is 24.0 Å². The molecule has 3 amide bonds. The molecule has 6 nitrogen and oxygen atoms in total. The molecule has 0 radical (unpaired) electrons. The standard InChI is InChI=1S/C22H26FN3O3S/c23-18-5-1-17(2-6-18)15-25-21(27)26-13-10-20(11-14-26)30-19-7-3-16(4-8-19)9-12-24-22(28)29/h1-8,20,24H,9-15H2,(H,25,27)(H,28,29). The highest BCUT2D eigenvalue weighted by molar-refractivity contribution is 8.00. The van der Waals surface area contributed by atoms with Gasteiger partial charge in [-0.1, -0.05) is 24.3 Å². The Labute approximate surface area is 179 Å². The van der Waals surface area contributed by atoms with Crippen molar-refractivity contribution in [3.8, 4) is 0 Å². The Hall–Kier alpha value is -2.74. The number of halogens is 1. The number of carbonyl (C=O) groups is 2. The summed E-state index contributed by atoms with van der Waals surface area (Å²) in [6.45, 7) is 2.23. The Morgan fingerprint density at radius 3 is 2.27 bits per heavy atom. The van der Waals surface area contributed by atoms with Crippen molar-refractivity contribution in [2.45, 2.75) is 36.0 Å². The van der Waals surface area contributed by atoms with Gasteiger partial charge in [0.2, 0.25) is 0 Å². The van der Waals surface area contributed by atoms with E-state index in [1.54, 1.807) is 12.1 Å². The first-order valence-electron chi connectivity index (χ1n) is 9.99. The molecule has 1 fully saturated rings. The molecule has 1 aliphatic rings.